The average molecular weight is 986 g/mol. The highest BCUT2D eigenvalue weighted by atomic mass is 16.4. The van der Waals surface area contributed by atoms with Gasteiger partial charge < -0.3 is 23.2 Å². The molecule has 0 radical (unpaired) electrons. The third-order valence-corrected chi connectivity index (χ3v) is 18.3. The van der Waals surface area contributed by atoms with Crippen molar-refractivity contribution in [3.05, 3.63) is 183 Å². The summed E-state index contributed by atoms with van der Waals surface area (Å²) in [5.74, 6) is 0. The minimum atomic E-state index is -0.311. The minimum absolute atomic E-state index is 0.0127. The molecule has 0 aliphatic carbocycles. The molecule has 7 nitrogen and oxygen atoms in total. The summed E-state index contributed by atoms with van der Waals surface area (Å²) in [5, 5.41) is 4.24. The topological polar surface area (TPSA) is 71.8 Å². The fraction of sp³-hybridized carbons (Fsp3) is 0.294. The van der Waals surface area contributed by atoms with Gasteiger partial charge in [-0.2, -0.15) is 0 Å². The zero-order valence-corrected chi connectivity index (χ0v) is 44.4. The molecule has 0 amide bonds. The highest BCUT2D eigenvalue weighted by Crippen LogP contribution is 2.54. The fourth-order valence-electron chi connectivity index (χ4n) is 13.7. The Bertz CT molecular complexity index is 4180. The summed E-state index contributed by atoms with van der Waals surface area (Å²) >= 11 is 0. The maximum absolute atomic E-state index is 14.2. The monoisotopic (exact) mass is 985 g/mol. The van der Waals surface area contributed by atoms with E-state index in [1.54, 1.807) is 0 Å². The van der Waals surface area contributed by atoms with Crippen LogP contribution in [0.5, 0.6) is 0 Å². The second-order valence-corrected chi connectivity index (χ2v) is 24.8. The fourth-order valence-corrected chi connectivity index (χ4v) is 13.7. The van der Waals surface area contributed by atoms with E-state index in [4.69, 9.17) is 8.83 Å². The second-order valence-electron chi connectivity index (χ2n) is 24.8. The van der Waals surface area contributed by atoms with E-state index in [1.807, 2.05) is 12.1 Å². The molecular weight excluding hydrogens is 923 g/mol. The number of hydrogen-bond donors (Lipinski definition) is 0. The predicted molar refractivity (Wildman–Crippen MR) is 310 cm³/mol. The Morgan fingerprint density at radius 1 is 0.400 bits per heavy atom. The van der Waals surface area contributed by atoms with Gasteiger partial charge in [0.2, 0.25) is 0 Å². The molecule has 0 saturated carbocycles. The smallest absolute Gasteiger partial charge is 0.344 e. The van der Waals surface area contributed by atoms with E-state index in [-0.39, 0.29) is 32.9 Å². The second kappa shape index (κ2) is 15.9. The van der Waals surface area contributed by atoms with Crippen molar-refractivity contribution in [1.82, 2.24) is 4.57 Å². The summed E-state index contributed by atoms with van der Waals surface area (Å²) in [7, 11) is 0. The summed E-state index contributed by atoms with van der Waals surface area (Å²) in [6.07, 6.45) is 4.22. The number of para-hydroxylation sites is 1. The summed E-state index contributed by atoms with van der Waals surface area (Å²) in [6, 6.07) is 49.4. The van der Waals surface area contributed by atoms with Crippen molar-refractivity contribution in [2.45, 2.75) is 103 Å². The number of hydrogen-bond acceptors (Lipinski definition) is 6. The molecule has 0 atom stereocenters. The lowest BCUT2D eigenvalue weighted by molar-refractivity contribution is 0.398. The Morgan fingerprint density at radius 2 is 0.827 bits per heavy atom. The minimum Gasteiger partial charge on any atom is -0.422 e. The van der Waals surface area contributed by atoms with Crippen molar-refractivity contribution >= 4 is 55.1 Å². The molecular formula is C68H63N3O4. The van der Waals surface area contributed by atoms with Crippen molar-refractivity contribution in [1.29, 1.82) is 0 Å². The van der Waals surface area contributed by atoms with Gasteiger partial charge in [-0.25, -0.2) is 9.59 Å². The van der Waals surface area contributed by atoms with Crippen LogP contribution < -0.4 is 21.1 Å². The molecule has 7 heteroatoms. The van der Waals surface area contributed by atoms with Gasteiger partial charge in [0, 0.05) is 75.9 Å². The molecule has 7 aromatic carbocycles. The number of benzene rings is 7. The number of rotatable bonds is 5. The number of aromatic nitrogens is 1. The number of nitrogens with zero attached hydrogens (tertiary/aromatic N) is 3. The Balaban J connectivity index is 0.852. The maximum Gasteiger partial charge on any atom is 0.344 e. The van der Waals surface area contributed by atoms with Crippen LogP contribution in [0.4, 0.5) is 11.4 Å². The first kappa shape index (κ1) is 45.9. The Labute approximate surface area is 438 Å². The first-order valence-corrected chi connectivity index (χ1v) is 27.1. The third-order valence-electron chi connectivity index (χ3n) is 18.3. The lowest BCUT2D eigenvalue weighted by atomic mass is 9.69. The van der Waals surface area contributed by atoms with Crippen LogP contribution in [0.25, 0.3) is 93.9 Å². The molecule has 0 N–H and O–H groups in total. The van der Waals surface area contributed by atoms with Gasteiger partial charge in [0.15, 0.2) is 0 Å². The Hall–Kier alpha value is -7.64. The van der Waals surface area contributed by atoms with Crippen LogP contribution in [0.3, 0.4) is 0 Å². The first-order chi connectivity index (χ1) is 35.9. The highest BCUT2D eigenvalue weighted by molar-refractivity contribution is 6.12. The first-order valence-electron chi connectivity index (χ1n) is 27.1. The maximum atomic E-state index is 14.2. The van der Waals surface area contributed by atoms with E-state index >= 15 is 0 Å². The molecule has 0 spiro atoms. The molecule has 10 aromatic rings. The molecule has 0 saturated heterocycles. The van der Waals surface area contributed by atoms with Crippen LogP contribution in [-0.2, 0) is 21.7 Å². The van der Waals surface area contributed by atoms with Gasteiger partial charge in [-0.05, 0) is 159 Å². The van der Waals surface area contributed by atoms with Gasteiger partial charge in [-0.3, -0.25) is 0 Å². The normalized spacial score (nSPS) is 17.9. The number of fused-ring (bicyclic) bond motifs is 7. The van der Waals surface area contributed by atoms with Gasteiger partial charge in [-0.15, -0.1) is 0 Å². The molecule has 374 valence electrons. The van der Waals surface area contributed by atoms with E-state index in [9.17, 15) is 9.59 Å². The molecule has 4 aliphatic heterocycles. The van der Waals surface area contributed by atoms with Gasteiger partial charge in [0.1, 0.15) is 11.2 Å². The summed E-state index contributed by atoms with van der Waals surface area (Å²) < 4.78 is 15.2. The lowest BCUT2D eigenvalue weighted by Crippen LogP contribution is -2.44. The van der Waals surface area contributed by atoms with Crippen LogP contribution in [0.1, 0.15) is 103 Å². The molecule has 14 rings (SSSR count). The SMILES string of the molecule is CC1(C)CCN2CCC(C)(C)c3c2c1cc1cc(-c2ccc(-c4ccc5c(c4)c4cc(-c6cccc(-c7cc8cc9c%10c(c8oc7=O)C(C)(C)CCN%10CCC9(C)C)c6)ccc4n5-c4ccccc4)cc2)c(=O)oc31. The van der Waals surface area contributed by atoms with Crippen molar-refractivity contribution in [3.8, 4) is 50.2 Å². The summed E-state index contributed by atoms with van der Waals surface area (Å²) in [5.41, 5.74) is 18.6. The van der Waals surface area contributed by atoms with Crippen LogP contribution in [0, 0.1) is 0 Å². The van der Waals surface area contributed by atoms with Crippen LogP contribution in [0.2, 0.25) is 0 Å². The predicted octanol–water partition coefficient (Wildman–Crippen LogP) is 16.0. The molecule has 3 aromatic heterocycles. The zero-order valence-electron chi connectivity index (χ0n) is 44.4. The van der Waals surface area contributed by atoms with E-state index in [0.717, 1.165) is 135 Å². The zero-order chi connectivity index (χ0) is 51.5. The van der Waals surface area contributed by atoms with Gasteiger partial charge in [-0.1, -0.05) is 128 Å². The quantitative estimate of drug-likeness (QED) is 0.160. The van der Waals surface area contributed by atoms with Gasteiger partial charge in [0.25, 0.3) is 0 Å². The van der Waals surface area contributed by atoms with Crippen molar-refractivity contribution in [2.24, 2.45) is 0 Å². The van der Waals surface area contributed by atoms with Crippen LogP contribution in [0.15, 0.2) is 158 Å². The molecule has 0 bridgehead atoms. The average Bonchev–Trinajstić information content (AvgIpc) is 3.72. The molecule has 0 unspecified atom stereocenters. The standard InChI is InChI=1S/C68H63N3O4/c1-65(2)25-29-69-31-27-67(5,6)57-59(69)53(65)38-46-36-49(63(72)74-61(46)57)41-19-17-40(18-20-41)43-21-23-55-51(34-43)52-35-44(22-24-56(52)71(55)48-15-10-9-11-16-48)42-13-12-14-45(33-42)50-37-47-39-54-60-58(62(47)75-64(50)73)68(7,8)28-32-70(60)30-26-66(54,3)4/h9-24,33-39H,25-32H2,1-8H3. The van der Waals surface area contributed by atoms with Gasteiger partial charge >= 0.3 is 11.3 Å². The largest absolute Gasteiger partial charge is 0.422 e. The molecule has 75 heavy (non-hydrogen) atoms. The Morgan fingerprint density at radius 3 is 1.35 bits per heavy atom. The van der Waals surface area contributed by atoms with Crippen LogP contribution >= 0.6 is 0 Å². The molecule has 0 fully saturated rings. The van der Waals surface area contributed by atoms with E-state index in [0.29, 0.717) is 11.1 Å². The van der Waals surface area contributed by atoms with Crippen molar-refractivity contribution in [3.63, 3.8) is 0 Å². The number of anilines is 2. The van der Waals surface area contributed by atoms with Crippen molar-refractivity contribution < 1.29 is 8.83 Å². The lowest BCUT2D eigenvalue weighted by Gasteiger charge is -2.48. The Kier molecular flexibility index (Phi) is 9.76. The highest BCUT2D eigenvalue weighted by Gasteiger charge is 2.44. The molecule has 4 aliphatic rings. The van der Waals surface area contributed by atoms with Crippen LogP contribution in [-0.4, -0.2) is 30.7 Å². The molecule has 7 heterocycles. The van der Waals surface area contributed by atoms with E-state index < -0.39 is 0 Å². The van der Waals surface area contributed by atoms with E-state index in [2.05, 4.69) is 197 Å². The summed E-state index contributed by atoms with van der Waals surface area (Å²) in [6.45, 7) is 22.7. The summed E-state index contributed by atoms with van der Waals surface area (Å²) in [4.78, 5) is 33.3. The third kappa shape index (κ3) is 6.99. The van der Waals surface area contributed by atoms with Gasteiger partial charge in [0.05, 0.1) is 22.2 Å². The van der Waals surface area contributed by atoms with Crippen molar-refractivity contribution in [2.75, 3.05) is 36.0 Å². The van der Waals surface area contributed by atoms with E-state index in [1.165, 1.54) is 33.6 Å².